The monoisotopic (exact) mass is 252 g/mol. The number of nitrogen functional groups attached to an aromatic ring is 1. The Bertz CT molecular complexity index is 356. The molecular weight excluding hydrogens is 232 g/mol. The van der Waals surface area contributed by atoms with Gasteiger partial charge in [0.2, 0.25) is 0 Å². The van der Waals surface area contributed by atoms with Gasteiger partial charge in [-0.1, -0.05) is 12.1 Å². The normalized spacial score (nSPS) is 10.6. The number of hydrogen-bond acceptors (Lipinski definition) is 5. The van der Waals surface area contributed by atoms with Crippen molar-refractivity contribution in [1.82, 2.24) is 0 Å². The number of nitrogens with two attached hydrogens (primary N) is 2. The van der Waals surface area contributed by atoms with Gasteiger partial charge in [0.05, 0.1) is 0 Å². The lowest BCUT2D eigenvalue weighted by Gasteiger charge is -2.13. The molecule has 0 aliphatic heterocycles. The van der Waals surface area contributed by atoms with Crippen molar-refractivity contribution in [3.63, 3.8) is 0 Å². The molecule has 0 aliphatic carbocycles. The Morgan fingerprint density at radius 2 is 2.17 bits per heavy atom. The SMILES string of the molecule is C=CC.NCC(COc1cccc(N)c1)OC=O. The summed E-state index contributed by atoms with van der Waals surface area (Å²) in [4.78, 5) is 10.1. The number of carbonyl (C=O) groups excluding carboxylic acids is 1. The Morgan fingerprint density at radius 3 is 2.67 bits per heavy atom. The predicted molar refractivity (Wildman–Crippen MR) is 72.2 cm³/mol. The third kappa shape index (κ3) is 7.29. The highest BCUT2D eigenvalue weighted by Gasteiger charge is 2.07. The third-order valence-corrected chi connectivity index (χ3v) is 1.80. The summed E-state index contributed by atoms with van der Waals surface area (Å²) in [5.74, 6) is 0.628. The van der Waals surface area contributed by atoms with Crippen LogP contribution in [0, 0.1) is 0 Å². The first-order chi connectivity index (χ1) is 8.67. The van der Waals surface area contributed by atoms with E-state index in [-0.39, 0.29) is 13.2 Å². The van der Waals surface area contributed by atoms with E-state index in [0.717, 1.165) is 0 Å². The highest BCUT2D eigenvalue weighted by atomic mass is 16.6. The van der Waals surface area contributed by atoms with Gasteiger partial charge in [0.1, 0.15) is 18.5 Å². The first-order valence-corrected chi connectivity index (χ1v) is 5.52. The summed E-state index contributed by atoms with van der Waals surface area (Å²) in [6.07, 6.45) is 1.32. The van der Waals surface area contributed by atoms with Gasteiger partial charge in [-0.15, -0.1) is 6.58 Å². The predicted octanol–water partition coefficient (Wildman–Crippen LogP) is 1.34. The molecular formula is C13H20N2O3. The zero-order valence-electron chi connectivity index (χ0n) is 10.5. The lowest BCUT2D eigenvalue weighted by molar-refractivity contribution is -0.134. The number of carbonyl (C=O) groups is 1. The second-order valence-electron chi connectivity index (χ2n) is 3.38. The molecule has 0 saturated heterocycles. The van der Waals surface area contributed by atoms with E-state index in [1.165, 1.54) is 0 Å². The third-order valence-electron chi connectivity index (χ3n) is 1.80. The molecule has 0 radical (unpaired) electrons. The second-order valence-corrected chi connectivity index (χ2v) is 3.38. The van der Waals surface area contributed by atoms with Crippen LogP contribution in [-0.4, -0.2) is 25.7 Å². The highest BCUT2D eigenvalue weighted by Crippen LogP contribution is 2.14. The maximum Gasteiger partial charge on any atom is 0.293 e. The van der Waals surface area contributed by atoms with Gasteiger partial charge in [0.25, 0.3) is 6.47 Å². The summed E-state index contributed by atoms with van der Waals surface area (Å²) >= 11 is 0. The lowest BCUT2D eigenvalue weighted by atomic mass is 10.3. The van der Waals surface area contributed by atoms with Crippen LogP contribution in [0.4, 0.5) is 5.69 Å². The van der Waals surface area contributed by atoms with E-state index in [0.29, 0.717) is 17.9 Å². The zero-order chi connectivity index (χ0) is 13.8. The molecule has 1 aromatic rings. The van der Waals surface area contributed by atoms with Gasteiger partial charge < -0.3 is 20.9 Å². The fourth-order valence-electron chi connectivity index (χ4n) is 1.03. The quantitative estimate of drug-likeness (QED) is 0.453. The smallest absolute Gasteiger partial charge is 0.293 e. The Hall–Kier alpha value is -2.01. The van der Waals surface area contributed by atoms with E-state index < -0.39 is 6.10 Å². The summed E-state index contributed by atoms with van der Waals surface area (Å²) in [6.45, 7) is 6.06. The number of anilines is 1. The van der Waals surface area contributed by atoms with E-state index in [1.54, 1.807) is 30.3 Å². The maximum absolute atomic E-state index is 10.1. The van der Waals surface area contributed by atoms with Crippen molar-refractivity contribution in [2.45, 2.75) is 13.0 Å². The molecule has 100 valence electrons. The molecule has 0 aliphatic rings. The first kappa shape index (κ1) is 16.0. The largest absolute Gasteiger partial charge is 0.490 e. The fraction of sp³-hybridized carbons (Fsp3) is 0.308. The van der Waals surface area contributed by atoms with Crippen molar-refractivity contribution in [3.05, 3.63) is 36.9 Å². The van der Waals surface area contributed by atoms with Crippen LogP contribution in [0.1, 0.15) is 6.92 Å². The molecule has 1 atom stereocenters. The number of allylic oxidation sites excluding steroid dienone is 1. The second kappa shape index (κ2) is 10.2. The van der Waals surface area contributed by atoms with Crippen molar-refractivity contribution in [2.24, 2.45) is 5.73 Å². The molecule has 18 heavy (non-hydrogen) atoms. The van der Waals surface area contributed by atoms with Crippen molar-refractivity contribution in [3.8, 4) is 5.75 Å². The average Bonchev–Trinajstić information content (AvgIpc) is 2.35. The summed E-state index contributed by atoms with van der Waals surface area (Å²) in [5.41, 5.74) is 11.5. The number of hydrogen-bond donors (Lipinski definition) is 2. The van der Waals surface area contributed by atoms with E-state index in [2.05, 4.69) is 11.3 Å². The molecule has 0 spiro atoms. The van der Waals surface area contributed by atoms with Crippen molar-refractivity contribution >= 4 is 12.2 Å². The molecule has 0 bridgehead atoms. The van der Waals surface area contributed by atoms with E-state index in [1.807, 2.05) is 6.92 Å². The number of ether oxygens (including phenoxy) is 2. The minimum absolute atomic E-state index is 0.221. The van der Waals surface area contributed by atoms with Crippen molar-refractivity contribution in [1.29, 1.82) is 0 Å². The number of benzene rings is 1. The van der Waals surface area contributed by atoms with E-state index >= 15 is 0 Å². The summed E-state index contributed by atoms with van der Waals surface area (Å²) in [6, 6.07) is 7.00. The van der Waals surface area contributed by atoms with Crippen LogP contribution in [0.5, 0.6) is 5.75 Å². The standard InChI is InChI=1S/C10H14N2O3.C3H6/c11-5-10(15-7-13)6-14-9-3-1-2-8(12)4-9;1-3-2/h1-4,7,10H,5-6,11-12H2;3H,1H2,2H3. The van der Waals surface area contributed by atoms with Crippen LogP contribution < -0.4 is 16.2 Å². The molecule has 0 amide bonds. The molecule has 0 aromatic heterocycles. The van der Waals surface area contributed by atoms with Gasteiger partial charge >= 0.3 is 0 Å². The van der Waals surface area contributed by atoms with E-state index in [9.17, 15) is 4.79 Å². The first-order valence-electron chi connectivity index (χ1n) is 5.52. The Kier molecular flexibility index (Phi) is 9.03. The molecule has 1 aromatic carbocycles. The molecule has 0 heterocycles. The van der Waals surface area contributed by atoms with Gasteiger partial charge in [-0.05, 0) is 19.1 Å². The molecule has 0 saturated carbocycles. The van der Waals surface area contributed by atoms with Crippen LogP contribution in [-0.2, 0) is 9.53 Å². The van der Waals surface area contributed by atoms with Gasteiger partial charge in [0.15, 0.2) is 0 Å². The van der Waals surface area contributed by atoms with E-state index in [4.69, 9.17) is 16.2 Å². The Morgan fingerprint density at radius 1 is 1.50 bits per heavy atom. The highest BCUT2D eigenvalue weighted by molar-refractivity contribution is 5.43. The number of rotatable bonds is 6. The topological polar surface area (TPSA) is 87.6 Å². The van der Waals surface area contributed by atoms with Crippen LogP contribution in [0.15, 0.2) is 36.9 Å². The molecule has 0 fully saturated rings. The summed E-state index contributed by atoms with van der Waals surface area (Å²) in [5, 5.41) is 0. The Balaban J connectivity index is 0.000000873. The summed E-state index contributed by atoms with van der Waals surface area (Å²) < 4.78 is 10.0. The van der Waals surface area contributed by atoms with Crippen LogP contribution in [0.2, 0.25) is 0 Å². The van der Waals surface area contributed by atoms with Crippen molar-refractivity contribution in [2.75, 3.05) is 18.9 Å². The van der Waals surface area contributed by atoms with Gasteiger partial charge in [-0.25, -0.2) is 0 Å². The summed E-state index contributed by atoms with van der Waals surface area (Å²) in [7, 11) is 0. The van der Waals surface area contributed by atoms with Crippen LogP contribution >= 0.6 is 0 Å². The van der Waals surface area contributed by atoms with Gasteiger partial charge in [-0.2, -0.15) is 0 Å². The van der Waals surface area contributed by atoms with Gasteiger partial charge in [-0.3, -0.25) is 4.79 Å². The minimum atomic E-state index is -0.427. The molecule has 5 heteroatoms. The van der Waals surface area contributed by atoms with Gasteiger partial charge in [0, 0.05) is 18.3 Å². The maximum atomic E-state index is 10.1. The van der Waals surface area contributed by atoms with Crippen LogP contribution in [0.25, 0.3) is 0 Å². The van der Waals surface area contributed by atoms with Crippen LogP contribution in [0.3, 0.4) is 0 Å². The zero-order valence-corrected chi connectivity index (χ0v) is 10.5. The average molecular weight is 252 g/mol. The minimum Gasteiger partial charge on any atom is -0.490 e. The molecule has 4 N–H and O–H groups in total. The molecule has 1 rings (SSSR count). The molecule has 5 nitrogen and oxygen atoms in total. The molecule has 1 unspecified atom stereocenters. The lowest BCUT2D eigenvalue weighted by Crippen LogP contribution is -2.29. The Labute approximate surface area is 107 Å². The fourth-order valence-corrected chi connectivity index (χ4v) is 1.03. The van der Waals surface area contributed by atoms with Crippen molar-refractivity contribution < 1.29 is 14.3 Å².